The summed E-state index contributed by atoms with van der Waals surface area (Å²) in [5.41, 5.74) is 5.78. The molecule has 6 heteroatoms. The molecule has 2 N–H and O–H groups in total. The van der Waals surface area contributed by atoms with E-state index in [1.807, 2.05) is 0 Å². The normalized spacial score (nSPS) is 11.6. The number of benzene rings is 2. The standard InChI is InChI=1S/C14H11F4NS/c15-11-4-5-13(12(19)7-11)20-8-9-2-1-3-10(6-9)14(16,17)18/h1-7H,8,19H2. The van der Waals surface area contributed by atoms with E-state index in [2.05, 4.69) is 0 Å². The van der Waals surface area contributed by atoms with Gasteiger partial charge in [-0.05, 0) is 29.8 Å². The molecule has 2 rings (SSSR count). The number of hydrogen-bond donors (Lipinski definition) is 1. The highest BCUT2D eigenvalue weighted by Crippen LogP contribution is 2.32. The van der Waals surface area contributed by atoms with Gasteiger partial charge in [0.1, 0.15) is 5.82 Å². The molecule has 0 atom stereocenters. The third-order valence-corrected chi connectivity index (χ3v) is 3.78. The smallest absolute Gasteiger partial charge is 0.398 e. The van der Waals surface area contributed by atoms with Crippen LogP contribution in [0.5, 0.6) is 0 Å². The van der Waals surface area contributed by atoms with Crippen molar-refractivity contribution in [3.63, 3.8) is 0 Å². The van der Waals surface area contributed by atoms with Crippen LogP contribution in [0.2, 0.25) is 0 Å². The molecule has 0 saturated heterocycles. The lowest BCUT2D eigenvalue weighted by molar-refractivity contribution is -0.137. The van der Waals surface area contributed by atoms with E-state index in [9.17, 15) is 17.6 Å². The predicted octanol–water partition coefficient (Wildman–Crippen LogP) is 4.72. The molecule has 20 heavy (non-hydrogen) atoms. The number of hydrogen-bond acceptors (Lipinski definition) is 2. The maximum atomic E-state index is 12.9. The molecule has 0 radical (unpaired) electrons. The zero-order chi connectivity index (χ0) is 14.8. The van der Waals surface area contributed by atoms with Gasteiger partial charge >= 0.3 is 6.18 Å². The van der Waals surface area contributed by atoms with Crippen LogP contribution in [-0.2, 0) is 11.9 Å². The molecular formula is C14H11F4NS. The van der Waals surface area contributed by atoms with Crippen molar-refractivity contribution in [1.82, 2.24) is 0 Å². The van der Waals surface area contributed by atoms with Crippen molar-refractivity contribution in [3.8, 4) is 0 Å². The Labute approximate surface area is 117 Å². The van der Waals surface area contributed by atoms with Gasteiger partial charge < -0.3 is 5.73 Å². The fraction of sp³-hybridized carbons (Fsp3) is 0.143. The minimum absolute atomic E-state index is 0.280. The fourth-order valence-electron chi connectivity index (χ4n) is 1.65. The van der Waals surface area contributed by atoms with Crippen LogP contribution in [0.1, 0.15) is 11.1 Å². The number of anilines is 1. The molecule has 0 bridgehead atoms. The second-order valence-electron chi connectivity index (χ2n) is 4.17. The summed E-state index contributed by atoms with van der Waals surface area (Å²) in [6, 6.07) is 9.09. The fourth-order valence-corrected chi connectivity index (χ4v) is 2.54. The maximum absolute atomic E-state index is 12.9. The Kier molecular flexibility index (Phi) is 4.23. The van der Waals surface area contributed by atoms with Gasteiger partial charge in [0.25, 0.3) is 0 Å². The third kappa shape index (κ3) is 3.66. The molecule has 0 heterocycles. The summed E-state index contributed by atoms with van der Waals surface area (Å²) < 4.78 is 50.6. The van der Waals surface area contributed by atoms with Crippen LogP contribution in [0, 0.1) is 5.82 Å². The van der Waals surface area contributed by atoms with E-state index < -0.39 is 17.6 Å². The van der Waals surface area contributed by atoms with Gasteiger partial charge in [0.15, 0.2) is 0 Å². The average molecular weight is 301 g/mol. The number of rotatable bonds is 3. The molecule has 0 aromatic heterocycles. The average Bonchev–Trinajstić information content (AvgIpc) is 2.37. The molecule has 2 aromatic rings. The van der Waals surface area contributed by atoms with Crippen LogP contribution < -0.4 is 5.73 Å². The van der Waals surface area contributed by atoms with E-state index >= 15 is 0 Å². The van der Waals surface area contributed by atoms with Gasteiger partial charge in [-0.25, -0.2) is 4.39 Å². The summed E-state index contributed by atoms with van der Waals surface area (Å²) in [6.45, 7) is 0. The molecule has 106 valence electrons. The van der Waals surface area contributed by atoms with Crippen LogP contribution in [0.25, 0.3) is 0 Å². The summed E-state index contributed by atoms with van der Waals surface area (Å²) >= 11 is 1.27. The lowest BCUT2D eigenvalue weighted by Gasteiger charge is -2.09. The topological polar surface area (TPSA) is 26.0 Å². The molecule has 0 spiro atoms. The van der Waals surface area contributed by atoms with Crippen LogP contribution in [0.15, 0.2) is 47.4 Å². The summed E-state index contributed by atoms with van der Waals surface area (Å²) in [5.74, 6) is -0.106. The van der Waals surface area contributed by atoms with Crippen molar-refractivity contribution < 1.29 is 17.6 Å². The first-order valence-corrected chi connectivity index (χ1v) is 6.69. The highest BCUT2D eigenvalue weighted by Gasteiger charge is 2.30. The van der Waals surface area contributed by atoms with Crippen LogP contribution in [0.3, 0.4) is 0 Å². The minimum Gasteiger partial charge on any atom is -0.398 e. The summed E-state index contributed by atoms with van der Waals surface area (Å²) in [7, 11) is 0. The van der Waals surface area contributed by atoms with Gasteiger partial charge in [-0.15, -0.1) is 11.8 Å². The van der Waals surface area contributed by atoms with E-state index in [0.717, 1.165) is 12.1 Å². The Morgan fingerprint density at radius 2 is 1.80 bits per heavy atom. The zero-order valence-corrected chi connectivity index (χ0v) is 11.1. The van der Waals surface area contributed by atoms with Crippen molar-refractivity contribution in [3.05, 3.63) is 59.4 Å². The van der Waals surface area contributed by atoms with Crippen molar-refractivity contribution in [2.45, 2.75) is 16.8 Å². The SMILES string of the molecule is Nc1cc(F)ccc1SCc1cccc(C(F)(F)F)c1. The van der Waals surface area contributed by atoms with Gasteiger partial charge in [0, 0.05) is 16.3 Å². The Morgan fingerprint density at radius 1 is 1.05 bits per heavy atom. The van der Waals surface area contributed by atoms with Crippen LogP contribution in [0.4, 0.5) is 23.2 Å². The number of thioether (sulfide) groups is 1. The number of halogens is 4. The van der Waals surface area contributed by atoms with Crippen LogP contribution in [-0.4, -0.2) is 0 Å². The molecule has 0 aliphatic carbocycles. The molecule has 0 amide bonds. The molecule has 0 saturated carbocycles. The van der Waals surface area contributed by atoms with Crippen molar-refractivity contribution >= 4 is 17.4 Å². The second kappa shape index (κ2) is 5.75. The van der Waals surface area contributed by atoms with Crippen molar-refractivity contribution in [2.24, 2.45) is 0 Å². The molecule has 0 aliphatic rings. The molecule has 2 aromatic carbocycles. The highest BCUT2D eigenvalue weighted by atomic mass is 32.2. The van der Waals surface area contributed by atoms with Crippen molar-refractivity contribution in [2.75, 3.05) is 5.73 Å². The van der Waals surface area contributed by atoms with Gasteiger partial charge in [-0.1, -0.05) is 18.2 Å². The van der Waals surface area contributed by atoms with E-state index in [-0.39, 0.29) is 5.69 Å². The largest absolute Gasteiger partial charge is 0.416 e. The van der Waals surface area contributed by atoms with Gasteiger partial charge in [-0.3, -0.25) is 0 Å². The van der Waals surface area contributed by atoms with Gasteiger partial charge in [0.05, 0.1) is 5.56 Å². The highest BCUT2D eigenvalue weighted by molar-refractivity contribution is 7.98. The Bertz CT molecular complexity index is 610. The summed E-state index contributed by atoms with van der Waals surface area (Å²) in [6.07, 6.45) is -4.35. The molecule has 0 aliphatic heterocycles. The predicted molar refractivity (Wildman–Crippen MR) is 71.8 cm³/mol. The monoisotopic (exact) mass is 301 g/mol. The number of nitrogen functional groups attached to an aromatic ring is 1. The lowest BCUT2D eigenvalue weighted by Crippen LogP contribution is -2.04. The third-order valence-electron chi connectivity index (χ3n) is 2.62. The molecular weight excluding hydrogens is 290 g/mol. The summed E-state index contributed by atoms with van der Waals surface area (Å²) in [5, 5.41) is 0. The van der Waals surface area contributed by atoms with Gasteiger partial charge in [0.2, 0.25) is 0 Å². The molecule has 0 fully saturated rings. The molecule has 0 unspecified atom stereocenters. The maximum Gasteiger partial charge on any atom is 0.416 e. The van der Waals surface area contributed by atoms with E-state index in [1.165, 1.54) is 36.0 Å². The molecule has 1 nitrogen and oxygen atoms in total. The zero-order valence-electron chi connectivity index (χ0n) is 10.2. The van der Waals surface area contributed by atoms with E-state index in [1.54, 1.807) is 6.07 Å². The van der Waals surface area contributed by atoms with Crippen LogP contribution >= 0.6 is 11.8 Å². The number of nitrogens with two attached hydrogens (primary N) is 1. The lowest BCUT2D eigenvalue weighted by atomic mass is 10.1. The van der Waals surface area contributed by atoms with Crippen molar-refractivity contribution in [1.29, 1.82) is 0 Å². The second-order valence-corrected chi connectivity index (χ2v) is 5.19. The summed E-state index contributed by atoms with van der Waals surface area (Å²) in [4.78, 5) is 0.642. The Balaban J connectivity index is 2.11. The first-order valence-electron chi connectivity index (χ1n) is 5.70. The Morgan fingerprint density at radius 3 is 2.45 bits per heavy atom. The minimum atomic E-state index is -4.35. The van der Waals surface area contributed by atoms with E-state index in [0.29, 0.717) is 16.2 Å². The van der Waals surface area contributed by atoms with Gasteiger partial charge in [-0.2, -0.15) is 13.2 Å². The Hall–Kier alpha value is -1.69. The first-order chi connectivity index (χ1) is 9.36. The number of alkyl halides is 3. The quantitative estimate of drug-likeness (QED) is 0.504. The van der Waals surface area contributed by atoms with E-state index in [4.69, 9.17) is 5.73 Å². The first kappa shape index (κ1) is 14.7.